The summed E-state index contributed by atoms with van der Waals surface area (Å²) in [6.45, 7) is 0.129. The largest absolute Gasteiger partial charge is 0.497 e. The number of benzene rings is 3. The first-order valence-electron chi connectivity index (χ1n) is 9.32. The van der Waals surface area contributed by atoms with Crippen LogP contribution in [0.1, 0.15) is 15.9 Å². The van der Waals surface area contributed by atoms with Crippen molar-refractivity contribution in [1.29, 1.82) is 0 Å². The lowest BCUT2D eigenvalue weighted by Crippen LogP contribution is -2.39. The third-order valence-electron chi connectivity index (χ3n) is 4.82. The van der Waals surface area contributed by atoms with Crippen LogP contribution in [0.3, 0.4) is 0 Å². The molecule has 1 N–H and O–H groups in total. The van der Waals surface area contributed by atoms with E-state index in [0.717, 1.165) is 5.56 Å². The molecule has 30 heavy (non-hydrogen) atoms. The summed E-state index contributed by atoms with van der Waals surface area (Å²) in [7, 11) is -2.51. The number of para-hydroxylation sites is 1. The van der Waals surface area contributed by atoms with E-state index in [1.807, 2.05) is 30.3 Å². The van der Waals surface area contributed by atoms with E-state index in [0.29, 0.717) is 22.7 Å². The van der Waals surface area contributed by atoms with Crippen LogP contribution < -0.4 is 14.4 Å². The number of methoxy groups -OCH3 is 1. The second-order valence-corrected chi connectivity index (χ2v) is 8.56. The van der Waals surface area contributed by atoms with Gasteiger partial charge in [-0.25, -0.2) is 8.42 Å². The number of hydrogen-bond acceptors (Lipinski definition) is 5. The number of ether oxygens (including phenoxy) is 1. The molecule has 3 aromatic rings. The molecule has 1 aliphatic heterocycles. The summed E-state index contributed by atoms with van der Waals surface area (Å²) in [5.74, 6) is 0.0811. The molecule has 0 amide bonds. The molecule has 152 valence electrons. The van der Waals surface area contributed by atoms with E-state index in [-0.39, 0.29) is 11.4 Å². The van der Waals surface area contributed by atoms with Gasteiger partial charge in [-0.05, 0) is 29.8 Å². The van der Waals surface area contributed by atoms with Crippen molar-refractivity contribution in [3.8, 4) is 5.75 Å². The Labute approximate surface area is 175 Å². The second kappa shape index (κ2) is 8.04. The normalized spacial score (nSPS) is 16.2. The molecule has 0 saturated heterocycles. The number of carbonyl (C=O) groups excluding carboxylic acids is 1. The Morgan fingerprint density at radius 2 is 1.70 bits per heavy atom. The van der Waals surface area contributed by atoms with Crippen LogP contribution in [-0.2, 0) is 16.6 Å². The van der Waals surface area contributed by atoms with Gasteiger partial charge in [-0.3, -0.25) is 9.10 Å². The maximum Gasteiger partial charge on any atom is 0.270 e. The molecule has 0 bridgehead atoms. The summed E-state index contributed by atoms with van der Waals surface area (Å²) in [4.78, 5) is 12.7. The third-order valence-corrected chi connectivity index (χ3v) is 6.58. The smallest absolute Gasteiger partial charge is 0.270 e. The number of ketones is 1. The summed E-state index contributed by atoms with van der Waals surface area (Å²) in [5, 5.41) is 2.92. The van der Waals surface area contributed by atoms with E-state index in [2.05, 4.69) is 5.32 Å². The fourth-order valence-corrected chi connectivity index (χ4v) is 4.83. The number of nitrogens with one attached hydrogen (secondary N) is 1. The van der Waals surface area contributed by atoms with Crippen molar-refractivity contribution in [3.63, 3.8) is 0 Å². The minimum absolute atomic E-state index is 0.129. The maximum absolute atomic E-state index is 13.4. The fourth-order valence-electron chi connectivity index (χ4n) is 3.30. The highest BCUT2D eigenvalue weighted by Crippen LogP contribution is 2.36. The standard InChI is InChI=1S/C23H20N2O4S/c1-29-19-11-7-10-18(14-19)24-15-22-23(26)20-12-5-6-13-21(20)25(30(22,27)28)16-17-8-3-2-4-9-17/h2-15,24H,16H2,1H3/b22-15+. The molecule has 6 nitrogen and oxygen atoms in total. The van der Waals surface area contributed by atoms with Crippen LogP contribution >= 0.6 is 0 Å². The molecule has 0 aliphatic carbocycles. The van der Waals surface area contributed by atoms with Crippen LogP contribution in [0.15, 0.2) is 90.0 Å². The van der Waals surface area contributed by atoms with Gasteiger partial charge in [-0.1, -0.05) is 48.5 Å². The van der Waals surface area contributed by atoms with Gasteiger partial charge in [0.15, 0.2) is 4.91 Å². The van der Waals surface area contributed by atoms with Crippen LogP contribution in [0.2, 0.25) is 0 Å². The molecular weight excluding hydrogens is 400 g/mol. The third kappa shape index (κ3) is 3.67. The van der Waals surface area contributed by atoms with Gasteiger partial charge >= 0.3 is 0 Å². The summed E-state index contributed by atoms with van der Waals surface area (Å²) >= 11 is 0. The number of allylic oxidation sites excluding steroid dienone is 1. The molecule has 0 radical (unpaired) electrons. The molecule has 0 spiro atoms. The summed E-state index contributed by atoms with van der Waals surface area (Å²) in [5.41, 5.74) is 2.16. The van der Waals surface area contributed by atoms with Gasteiger partial charge in [-0.15, -0.1) is 0 Å². The number of hydrogen-bond donors (Lipinski definition) is 1. The SMILES string of the molecule is COc1cccc(N/C=C2\C(=O)c3ccccc3N(Cc3ccccc3)S2(=O)=O)c1. The topological polar surface area (TPSA) is 75.7 Å². The molecule has 0 saturated carbocycles. The number of anilines is 2. The Hall–Kier alpha value is -3.58. The van der Waals surface area contributed by atoms with Gasteiger partial charge < -0.3 is 10.1 Å². The number of sulfonamides is 1. The number of rotatable bonds is 5. The molecule has 0 unspecified atom stereocenters. The minimum atomic E-state index is -4.06. The first-order chi connectivity index (χ1) is 14.5. The van der Waals surface area contributed by atoms with Crippen molar-refractivity contribution in [2.75, 3.05) is 16.7 Å². The van der Waals surface area contributed by atoms with E-state index in [1.54, 1.807) is 55.6 Å². The first kappa shape index (κ1) is 19.7. The van der Waals surface area contributed by atoms with Crippen LogP contribution in [-0.4, -0.2) is 21.3 Å². The molecule has 7 heteroatoms. The van der Waals surface area contributed by atoms with Crippen molar-refractivity contribution >= 4 is 27.2 Å². The van der Waals surface area contributed by atoms with Crippen LogP contribution in [0.4, 0.5) is 11.4 Å². The van der Waals surface area contributed by atoms with Gasteiger partial charge in [0.1, 0.15) is 5.75 Å². The molecule has 0 atom stereocenters. The second-order valence-electron chi connectivity index (χ2n) is 6.73. The van der Waals surface area contributed by atoms with Crippen molar-refractivity contribution in [2.45, 2.75) is 6.54 Å². The van der Waals surface area contributed by atoms with Crippen molar-refractivity contribution in [1.82, 2.24) is 0 Å². The molecular formula is C23H20N2O4S. The Balaban J connectivity index is 1.76. The zero-order chi connectivity index (χ0) is 21.1. The Morgan fingerprint density at radius 1 is 0.967 bits per heavy atom. The Morgan fingerprint density at radius 3 is 2.47 bits per heavy atom. The average Bonchev–Trinajstić information content (AvgIpc) is 2.77. The first-order valence-corrected chi connectivity index (χ1v) is 10.8. The molecule has 1 heterocycles. The van der Waals surface area contributed by atoms with E-state index in [4.69, 9.17) is 4.74 Å². The number of Topliss-reactive ketones (excluding diaryl/α,β-unsaturated/α-hetero) is 1. The zero-order valence-corrected chi connectivity index (χ0v) is 17.1. The van der Waals surface area contributed by atoms with Gasteiger partial charge in [0.25, 0.3) is 10.0 Å². The van der Waals surface area contributed by atoms with E-state index < -0.39 is 15.8 Å². The van der Waals surface area contributed by atoms with Gasteiger partial charge in [0, 0.05) is 23.5 Å². The Bertz CT molecular complexity index is 1220. The minimum Gasteiger partial charge on any atom is -0.497 e. The van der Waals surface area contributed by atoms with E-state index in [9.17, 15) is 13.2 Å². The highest BCUT2D eigenvalue weighted by atomic mass is 32.2. The predicted octanol–water partition coefficient (Wildman–Crippen LogP) is 4.18. The van der Waals surface area contributed by atoms with Crippen molar-refractivity contribution < 1.29 is 17.9 Å². The zero-order valence-electron chi connectivity index (χ0n) is 16.3. The van der Waals surface area contributed by atoms with Crippen LogP contribution in [0.25, 0.3) is 0 Å². The highest BCUT2D eigenvalue weighted by molar-refractivity contribution is 7.97. The van der Waals surface area contributed by atoms with Crippen molar-refractivity contribution in [2.24, 2.45) is 0 Å². The predicted molar refractivity (Wildman–Crippen MR) is 117 cm³/mol. The molecule has 3 aromatic carbocycles. The Kier molecular flexibility index (Phi) is 5.29. The maximum atomic E-state index is 13.4. The number of fused-ring (bicyclic) bond motifs is 1. The molecule has 0 aromatic heterocycles. The lowest BCUT2D eigenvalue weighted by Gasteiger charge is -2.31. The molecule has 4 rings (SSSR count). The lowest BCUT2D eigenvalue weighted by atomic mass is 10.1. The number of nitrogens with zero attached hydrogens (tertiary/aromatic N) is 1. The summed E-state index contributed by atoms with van der Waals surface area (Å²) in [6.07, 6.45) is 1.25. The molecule has 1 aliphatic rings. The van der Waals surface area contributed by atoms with E-state index >= 15 is 0 Å². The van der Waals surface area contributed by atoms with Crippen LogP contribution in [0, 0.1) is 0 Å². The lowest BCUT2D eigenvalue weighted by molar-refractivity contribution is 0.104. The monoisotopic (exact) mass is 420 g/mol. The average molecular weight is 420 g/mol. The van der Waals surface area contributed by atoms with Gasteiger partial charge in [0.2, 0.25) is 5.78 Å². The number of carbonyl (C=O) groups is 1. The van der Waals surface area contributed by atoms with Crippen molar-refractivity contribution in [3.05, 3.63) is 101 Å². The van der Waals surface area contributed by atoms with Gasteiger partial charge in [-0.2, -0.15) is 0 Å². The fraction of sp³-hybridized carbons (Fsp3) is 0.0870. The van der Waals surface area contributed by atoms with Crippen LogP contribution in [0.5, 0.6) is 5.75 Å². The quantitative estimate of drug-likeness (QED) is 0.627. The van der Waals surface area contributed by atoms with Gasteiger partial charge in [0.05, 0.1) is 19.3 Å². The highest BCUT2D eigenvalue weighted by Gasteiger charge is 2.39. The molecule has 0 fully saturated rings. The summed E-state index contributed by atoms with van der Waals surface area (Å²) < 4.78 is 33.3. The summed E-state index contributed by atoms with van der Waals surface area (Å²) in [6, 6.07) is 23.0. The van der Waals surface area contributed by atoms with E-state index in [1.165, 1.54) is 10.5 Å².